The Bertz CT molecular complexity index is 2110. The summed E-state index contributed by atoms with van der Waals surface area (Å²) in [6, 6.07) is 20.9. The minimum Gasteiger partial charge on any atom is -0.319 e. The van der Waals surface area contributed by atoms with E-state index in [1.165, 1.54) is 19.3 Å². The molecule has 10 heteroatoms. The van der Waals surface area contributed by atoms with E-state index >= 15 is 0 Å². The molecule has 0 atom stereocenters. The predicted octanol–water partition coefficient (Wildman–Crippen LogP) is 6.56. The van der Waals surface area contributed by atoms with Crippen molar-refractivity contribution in [2.24, 2.45) is 0 Å². The lowest BCUT2D eigenvalue weighted by molar-refractivity contribution is 0.362. The fraction of sp³-hybridized carbons (Fsp3) is 0.250. The molecule has 1 N–H and O–H groups in total. The lowest BCUT2D eigenvalue weighted by atomic mass is 9.94. The number of hydrogen-bond acceptors (Lipinski definition) is 8. The summed E-state index contributed by atoms with van der Waals surface area (Å²) in [4.78, 5) is 5.26. The van der Waals surface area contributed by atoms with Gasteiger partial charge >= 0.3 is 0 Å². The molecule has 0 unspecified atom stereocenters. The average Bonchev–Trinajstić information content (AvgIpc) is 3.69. The number of H-pyrrole nitrogens is 1. The molecular weight excluding hydrogens is 524 g/mol. The van der Waals surface area contributed by atoms with Crippen LogP contribution in [0.1, 0.15) is 49.3 Å². The maximum absolute atomic E-state index is 5.26. The van der Waals surface area contributed by atoms with E-state index in [4.69, 9.17) is 20.3 Å². The Morgan fingerprint density at radius 1 is 0.786 bits per heavy atom. The van der Waals surface area contributed by atoms with Crippen molar-refractivity contribution in [1.29, 1.82) is 0 Å². The summed E-state index contributed by atoms with van der Waals surface area (Å²) in [6.45, 7) is 4.21. The Morgan fingerprint density at radius 2 is 1.64 bits per heavy atom. The van der Waals surface area contributed by atoms with Crippen molar-refractivity contribution in [2.45, 2.75) is 52.0 Å². The first-order valence-corrected chi connectivity index (χ1v) is 14.4. The van der Waals surface area contributed by atoms with Crippen LogP contribution in [0.3, 0.4) is 0 Å². The number of tetrazole rings is 1. The largest absolute Gasteiger partial charge is 0.319 e. The molecule has 10 nitrogen and oxygen atoms in total. The van der Waals surface area contributed by atoms with Gasteiger partial charge in [0.1, 0.15) is 5.69 Å². The summed E-state index contributed by atoms with van der Waals surface area (Å²) in [7, 11) is 0. The van der Waals surface area contributed by atoms with E-state index in [-0.39, 0.29) is 0 Å². The number of aryl methyl sites for hydroxylation is 2. The maximum atomic E-state index is 5.26. The van der Waals surface area contributed by atoms with Crippen molar-refractivity contribution in [3.8, 4) is 34.2 Å². The van der Waals surface area contributed by atoms with Gasteiger partial charge in [0.05, 0.1) is 27.8 Å². The Kier molecular flexibility index (Phi) is 5.73. The zero-order valence-electron chi connectivity index (χ0n) is 23.4. The van der Waals surface area contributed by atoms with E-state index in [9.17, 15) is 0 Å². The van der Waals surface area contributed by atoms with Gasteiger partial charge in [0, 0.05) is 27.9 Å². The van der Waals surface area contributed by atoms with Crippen LogP contribution >= 0.6 is 0 Å². The first kappa shape index (κ1) is 24.7. The molecule has 42 heavy (non-hydrogen) atoms. The van der Waals surface area contributed by atoms with Gasteiger partial charge in [-0.2, -0.15) is 5.21 Å². The van der Waals surface area contributed by atoms with E-state index in [2.05, 4.69) is 74.5 Å². The molecule has 7 aromatic rings. The van der Waals surface area contributed by atoms with Crippen molar-refractivity contribution in [2.75, 3.05) is 0 Å². The fourth-order valence-electron chi connectivity index (χ4n) is 6.53. The van der Waals surface area contributed by atoms with Crippen LogP contribution in [0.2, 0.25) is 0 Å². The Balaban J connectivity index is 1.44. The molecule has 8 rings (SSSR count). The maximum Gasteiger partial charge on any atom is 0.204 e. The molecule has 1 aliphatic carbocycles. The molecule has 0 bridgehead atoms. The summed E-state index contributed by atoms with van der Waals surface area (Å²) in [5.74, 6) is 1.33. The molecule has 1 aliphatic rings. The highest BCUT2D eigenvalue weighted by atomic mass is 15.5. The second-order valence-electron chi connectivity index (χ2n) is 11.2. The zero-order valence-corrected chi connectivity index (χ0v) is 23.4. The molecular formula is C32H28N10. The Morgan fingerprint density at radius 3 is 2.50 bits per heavy atom. The molecule has 4 aromatic heterocycles. The molecule has 206 valence electrons. The molecule has 0 saturated heterocycles. The van der Waals surface area contributed by atoms with Crippen LogP contribution in [-0.2, 0) is 0 Å². The van der Waals surface area contributed by atoms with E-state index in [0.29, 0.717) is 17.6 Å². The van der Waals surface area contributed by atoms with Crippen LogP contribution in [0.15, 0.2) is 60.7 Å². The molecule has 3 aromatic carbocycles. The standard InChI is InChI=1S/C32H28N10/c1-18-14-19(2)28-25(15-18)36-37-30(29(28)26-16-20-8-6-7-11-23(20)34-35-26)32-33-24-17-21(31-38-40-41-39-31)12-13-27(24)42(32)22-9-4-3-5-10-22/h6-8,11-17,22H,3-5,9-10H2,1-2H3,(H,38,39,40,41). The topological polar surface area (TPSA) is 124 Å². The quantitative estimate of drug-likeness (QED) is 0.260. The van der Waals surface area contributed by atoms with Gasteiger partial charge in [-0.3, -0.25) is 0 Å². The first-order valence-electron chi connectivity index (χ1n) is 14.4. The number of rotatable bonds is 4. The smallest absolute Gasteiger partial charge is 0.204 e. The van der Waals surface area contributed by atoms with Crippen molar-refractivity contribution in [1.82, 2.24) is 50.6 Å². The molecule has 0 amide bonds. The number of aromatic nitrogens is 10. The van der Waals surface area contributed by atoms with Gasteiger partial charge in [-0.15, -0.1) is 30.6 Å². The van der Waals surface area contributed by atoms with E-state index in [1.807, 2.05) is 30.3 Å². The third-order valence-corrected chi connectivity index (χ3v) is 8.40. The Labute approximate surface area is 241 Å². The summed E-state index contributed by atoms with van der Waals surface area (Å²) in [6.07, 6.45) is 5.82. The first-order chi connectivity index (χ1) is 20.6. The van der Waals surface area contributed by atoms with Gasteiger partial charge in [0.2, 0.25) is 5.82 Å². The van der Waals surface area contributed by atoms with Crippen LogP contribution < -0.4 is 0 Å². The summed E-state index contributed by atoms with van der Waals surface area (Å²) in [5.41, 5.74) is 9.08. The normalized spacial score (nSPS) is 14.3. The molecule has 4 heterocycles. The molecule has 0 aliphatic heterocycles. The van der Waals surface area contributed by atoms with Crippen LogP contribution in [0.25, 0.3) is 67.0 Å². The molecule has 0 radical (unpaired) electrons. The second kappa shape index (κ2) is 9.76. The lowest BCUT2D eigenvalue weighted by Gasteiger charge is -2.26. The second-order valence-corrected chi connectivity index (χ2v) is 11.2. The van der Waals surface area contributed by atoms with Gasteiger partial charge in [-0.1, -0.05) is 43.5 Å². The highest BCUT2D eigenvalue weighted by molar-refractivity contribution is 6.03. The molecule has 1 fully saturated rings. The molecule has 1 saturated carbocycles. The van der Waals surface area contributed by atoms with E-state index in [0.717, 1.165) is 79.5 Å². The highest BCUT2D eigenvalue weighted by Gasteiger charge is 2.27. The number of nitrogens with zero attached hydrogens (tertiary/aromatic N) is 9. The summed E-state index contributed by atoms with van der Waals surface area (Å²) < 4.78 is 2.38. The molecule has 0 spiro atoms. The number of benzene rings is 3. The van der Waals surface area contributed by atoms with Gasteiger partial charge in [-0.25, -0.2) is 4.98 Å². The van der Waals surface area contributed by atoms with Gasteiger partial charge < -0.3 is 4.57 Å². The number of hydrogen-bond donors (Lipinski definition) is 1. The number of imidazole rings is 1. The van der Waals surface area contributed by atoms with E-state index < -0.39 is 0 Å². The number of nitrogens with one attached hydrogen (secondary N) is 1. The van der Waals surface area contributed by atoms with Crippen molar-refractivity contribution in [3.05, 3.63) is 71.8 Å². The van der Waals surface area contributed by atoms with Crippen LogP contribution in [0, 0.1) is 13.8 Å². The summed E-state index contributed by atoms with van der Waals surface area (Å²) >= 11 is 0. The van der Waals surface area contributed by atoms with Crippen molar-refractivity contribution in [3.63, 3.8) is 0 Å². The minimum absolute atomic E-state index is 0.307. The van der Waals surface area contributed by atoms with Gasteiger partial charge in [-0.05, 0) is 79.4 Å². The van der Waals surface area contributed by atoms with Crippen LogP contribution in [0.4, 0.5) is 0 Å². The van der Waals surface area contributed by atoms with Gasteiger partial charge in [0.15, 0.2) is 5.82 Å². The SMILES string of the molecule is Cc1cc(C)c2c(-c3cc4ccccc4nn3)c(-c3nc4cc(-c5nn[nH]n5)ccc4n3C3CCCCC3)nnc2c1. The van der Waals surface area contributed by atoms with Crippen LogP contribution in [0.5, 0.6) is 0 Å². The zero-order chi connectivity index (χ0) is 28.2. The lowest BCUT2D eigenvalue weighted by Crippen LogP contribution is -2.15. The Hall–Kier alpha value is -5.12. The number of aromatic amines is 1. The third kappa shape index (κ3) is 4.01. The highest BCUT2D eigenvalue weighted by Crippen LogP contribution is 2.41. The predicted molar refractivity (Wildman–Crippen MR) is 162 cm³/mol. The minimum atomic E-state index is 0.307. The summed E-state index contributed by atoms with van der Waals surface area (Å²) in [5, 5.41) is 35.7. The number of fused-ring (bicyclic) bond motifs is 3. The van der Waals surface area contributed by atoms with Gasteiger partial charge in [0.25, 0.3) is 0 Å². The third-order valence-electron chi connectivity index (χ3n) is 8.40. The average molecular weight is 553 g/mol. The van der Waals surface area contributed by atoms with Crippen molar-refractivity contribution >= 4 is 32.8 Å². The van der Waals surface area contributed by atoms with Crippen LogP contribution in [-0.4, -0.2) is 50.6 Å². The fourth-order valence-corrected chi connectivity index (χ4v) is 6.53. The van der Waals surface area contributed by atoms with Crippen molar-refractivity contribution < 1.29 is 0 Å². The monoisotopic (exact) mass is 552 g/mol. The van der Waals surface area contributed by atoms with E-state index in [1.54, 1.807) is 0 Å².